The highest BCUT2D eigenvalue weighted by molar-refractivity contribution is 6.04. The minimum absolute atomic E-state index is 0.185. The zero-order valence-electron chi connectivity index (χ0n) is 5.66. The molecule has 52 valence electrons. The van der Waals surface area contributed by atoms with E-state index in [9.17, 15) is 4.79 Å². The second kappa shape index (κ2) is 2.52. The molecule has 0 atom stereocenters. The van der Waals surface area contributed by atoms with Gasteiger partial charge in [-0.05, 0) is 24.6 Å². The molecule has 0 aromatic heterocycles. The molecule has 0 spiro atoms. The van der Waals surface area contributed by atoms with Crippen molar-refractivity contribution in [1.82, 2.24) is 0 Å². The fraction of sp³-hybridized carbons (Fsp3) is 0.125. The third kappa shape index (κ3) is 1.16. The molecular formula is C8H8O2. The summed E-state index contributed by atoms with van der Waals surface area (Å²) in [6.45, 7) is 1.85. The van der Waals surface area contributed by atoms with Gasteiger partial charge in [-0.15, -0.1) is 0 Å². The molecule has 0 saturated carbocycles. The lowest BCUT2D eigenvalue weighted by Gasteiger charge is -2.00. The van der Waals surface area contributed by atoms with E-state index in [4.69, 9.17) is 5.11 Å². The lowest BCUT2D eigenvalue weighted by atomic mass is 10.1. The van der Waals surface area contributed by atoms with Gasteiger partial charge in [0, 0.05) is 0 Å². The SMILES string of the molecule is C/C=C1\C=CC(=O)C(O)=C1. The molecule has 0 bridgehead atoms. The predicted octanol–water partition coefficient (Wildman–Crippen LogP) is 1.51. The van der Waals surface area contributed by atoms with Crippen molar-refractivity contribution in [3.63, 3.8) is 0 Å². The van der Waals surface area contributed by atoms with Crippen LogP contribution < -0.4 is 0 Å². The van der Waals surface area contributed by atoms with Gasteiger partial charge in [0.15, 0.2) is 5.76 Å². The van der Waals surface area contributed by atoms with Gasteiger partial charge in [-0.25, -0.2) is 0 Å². The van der Waals surface area contributed by atoms with Gasteiger partial charge in [0.1, 0.15) is 0 Å². The molecule has 1 N–H and O–H groups in total. The smallest absolute Gasteiger partial charge is 0.220 e. The van der Waals surface area contributed by atoms with Gasteiger partial charge in [0.2, 0.25) is 5.78 Å². The van der Waals surface area contributed by atoms with E-state index in [0.717, 1.165) is 5.57 Å². The molecule has 0 aromatic rings. The van der Waals surface area contributed by atoms with Crippen LogP contribution >= 0.6 is 0 Å². The maximum atomic E-state index is 10.6. The normalized spacial score (nSPS) is 21.5. The van der Waals surface area contributed by atoms with Crippen molar-refractivity contribution >= 4 is 5.78 Å². The highest BCUT2D eigenvalue weighted by Crippen LogP contribution is 2.09. The summed E-state index contributed by atoms with van der Waals surface area (Å²) in [4.78, 5) is 10.6. The largest absolute Gasteiger partial charge is 0.504 e. The van der Waals surface area contributed by atoms with E-state index in [1.165, 1.54) is 12.2 Å². The summed E-state index contributed by atoms with van der Waals surface area (Å²) >= 11 is 0. The Morgan fingerprint density at radius 1 is 1.50 bits per heavy atom. The average molecular weight is 136 g/mol. The van der Waals surface area contributed by atoms with E-state index in [1.807, 2.05) is 13.0 Å². The fourth-order valence-electron chi connectivity index (χ4n) is 0.714. The lowest BCUT2D eigenvalue weighted by Crippen LogP contribution is -2.01. The topological polar surface area (TPSA) is 37.3 Å². The van der Waals surface area contributed by atoms with Crippen LogP contribution in [-0.2, 0) is 4.79 Å². The first-order chi connectivity index (χ1) is 4.74. The third-order valence-corrected chi connectivity index (χ3v) is 1.32. The van der Waals surface area contributed by atoms with Crippen LogP contribution in [0.4, 0.5) is 0 Å². The van der Waals surface area contributed by atoms with Crippen LogP contribution in [-0.4, -0.2) is 10.9 Å². The van der Waals surface area contributed by atoms with E-state index in [0.29, 0.717) is 0 Å². The Morgan fingerprint density at radius 2 is 2.20 bits per heavy atom. The minimum Gasteiger partial charge on any atom is -0.504 e. The number of rotatable bonds is 0. The molecule has 1 aliphatic rings. The van der Waals surface area contributed by atoms with Gasteiger partial charge in [-0.1, -0.05) is 12.2 Å². The fourth-order valence-corrected chi connectivity index (χ4v) is 0.714. The maximum Gasteiger partial charge on any atom is 0.220 e. The van der Waals surface area contributed by atoms with E-state index in [2.05, 4.69) is 0 Å². The number of aliphatic hydroxyl groups excluding tert-OH is 1. The zero-order chi connectivity index (χ0) is 7.56. The van der Waals surface area contributed by atoms with Crippen LogP contribution in [0.15, 0.2) is 35.6 Å². The van der Waals surface area contributed by atoms with Crippen LogP contribution in [0, 0.1) is 0 Å². The van der Waals surface area contributed by atoms with Gasteiger partial charge in [-0.2, -0.15) is 0 Å². The Balaban J connectivity index is 2.95. The van der Waals surface area contributed by atoms with Crippen LogP contribution in [0.3, 0.4) is 0 Å². The zero-order valence-corrected chi connectivity index (χ0v) is 5.66. The van der Waals surface area contributed by atoms with Crippen molar-refractivity contribution in [2.75, 3.05) is 0 Å². The summed E-state index contributed by atoms with van der Waals surface area (Å²) in [6.07, 6.45) is 6.29. The summed E-state index contributed by atoms with van der Waals surface area (Å²) < 4.78 is 0. The number of hydrogen-bond donors (Lipinski definition) is 1. The monoisotopic (exact) mass is 136 g/mol. The van der Waals surface area contributed by atoms with Crippen molar-refractivity contribution in [3.8, 4) is 0 Å². The highest BCUT2D eigenvalue weighted by Gasteiger charge is 2.07. The molecule has 0 unspecified atom stereocenters. The van der Waals surface area contributed by atoms with Gasteiger partial charge >= 0.3 is 0 Å². The molecule has 1 rings (SSSR count). The molecule has 0 fully saturated rings. The Bertz CT molecular complexity index is 244. The number of carbonyl (C=O) groups is 1. The highest BCUT2D eigenvalue weighted by atomic mass is 16.3. The number of aliphatic hydroxyl groups is 1. The molecule has 0 saturated heterocycles. The molecule has 2 nitrogen and oxygen atoms in total. The van der Waals surface area contributed by atoms with Crippen LogP contribution in [0.5, 0.6) is 0 Å². The number of ketones is 1. The third-order valence-electron chi connectivity index (χ3n) is 1.32. The molecule has 0 aromatic carbocycles. The summed E-state index contributed by atoms with van der Waals surface area (Å²) in [6, 6.07) is 0. The average Bonchev–Trinajstić information content (AvgIpc) is 1.95. The molecule has 10 heavy (non-hydrogen) atoms. The summed E-state index contributed by atoms with van der Waals surface area (Å²) in [7, 11) is 0. The lowest BCUT2D eigenvalue weighted by molar-refractivity contribution is -0.113. The standard InChI is InChI=1S/C8H8O2/c1-2-6-3-4-7(9)8(10)5-6/h2-5,10H,1H3/b6-2+. The van der Waals surface area contributed by atoms with Crippen LogP contribution in [0.2, 0.25) is 0 Å². The number of hydrogen-bond acceptors (Lipinski definition) is 2. The van der Waals surface area contributed by atoms with Gasteiger partial charge in [0.05, 0.1) is 0 Å². The number of carbonyl (C=O) groups excluding carboxylic acids is 1. The van der Waals surface area contributed by atoms with Gasteiger partial charge < -0.3 is 5.11 Å². The van der Waals surface area contributed by atoms with Gasteiger partial charge in [-0.3, -0.25) is 4.79 Å². The van der Waals surface area contributed by atoms with Crippen molar-refractivity contribution in [1.29, 1.82) is 0 Å². The summed E-state index contributed by atoms with van der Waals surface area (Å²) in [5.41, 5.74) is 0.858. The quantitative estimate of drug-likeness (QED) is 0.548. The van der Waals surface area contributed by atoms with E-state index in [1.54, 1.807) is 6.08 Å². The first-order valence-corrected chi connectivity index (χ1v) is 3.03. The summed E-state index contributed by atoms with van der Waals surface area (Å²) in [5, 5.41) is 8.90. The molecule has 0 amide bonds. The summed E-state index contributed by atoms with van der Waals surface area (Å²) in [5.74, 6) is -0.513. The first kappa shape index (κ1) is 6.81. The second-order valence-electron chi connectivity index (χ2n) is 2.02. The van der Waals surface area contributed by atoms with E-state index in [-0.39, 0.29) is 11.5 Å². The first-order valence-electron chi connectivity index (χ1n) is 3.03. The van der Waals surface area contributed by atoms with E-state index < -0.39 is 0 Å². The molecule has 0 aliphatic heterocycles. The van der Waals surface area contributed by atoms with E-state index >= 15 is 0 Å². The molecular weight excluding hydrogens is 128 g/mol. The van der Waals surface area contributed by atoms with Crippen molar-refractivity contribution < 1.29 is 9.90 Å². The van der Waals surface area contributed by atoms with Crippen LogP contribution in [0.1, 0.15) is 6.92 Å². The molecule has 2 heteroatoms. The van der Waals surface area contributed by atoms with Crippen molar-refractivity contribution in [2.45, 2.75) is 6.92 Å². The maximum absolute atomic E-state index is 10.6. The Hall–Kier alpha value is -1.31. The second-order valence-corrected chi connectivity index (χ2v) is 2.02. The molecule has 0 heterocycles. The van der Waals surface area contributed by atoms with Gasteiger partial charge in [0.25, 0.3) is 0 Å². The number of allylic oxidation sites excluding steroid dienone is 5. The minimum atomic E-state index is -0.328. The molecule has 0 radical (unpaired) electrons. The van der Waals surface area contributed by atoms with Crippen molar-refractivity contribution in [2.24, 2.45) is 0 Å². The predicted molar refractivity (Wildman–Crippen MR) is 38.6 cm³/mol. The molecule has 1 aliphatic carbocycles. The van der Waals surface area contributed by atoms with Crippen LogP contribution in [0.25, 0.3) is 0 Å². The Morgan fingerprint density at radius 3 is 2.70 bits per heavy atom. The Kier molecular flexibility index (Phi) is 1.71. The Labute approximate surface area is 59.2 Å². The van der Waals surface area contributed by atoms with Crippen molar-refractivity contribution in [3.05, 3.63) is 35.6 Å².